The Kier molecular flexibility index (Phi) is 10.8. The van der Waals surface area contributed by atoms with Gasteiger partial charge in [-0.2, -0.15) is 0 Å². The molecule has 0 saturated heterocycles. The molecule has 3 atom stereocenters. The molecule has 0 fully saturated rings. The second-order valence-electron chi connectivity index (χ2n) is 6.55. The van der Waals surface area contributed by atoms with Crippen LogP contribution in [0.5, 0.6) is 11.5 Å². The van der Waals surface area contributed by atoms with Crippen molar-refractivity contribution in [3.63, 3.8) is 0 Å². The number of hydrogen-bond acceptors (Lipinski definition) is 11. The molecule has 12 nitrogen and oxygen atoms in total. The number of rotatable bonds is 10. The van der Waals surface area contributed by atoms with Gasteiger partial charge in [-0.05, 0) is 37.5 Å². The van der Waals surface area contributed by atoms with E-state index >= 15 is 0 Å². The molecule has 0 aliphatic rings. The van der Waals surface area contributed by atoms with E-state index in [2.05, 4.69) is 9.47 Å². The normalized spacial score (nSPS) is 13.2. The summed E-state index contributed by atoms with van der Waals surface area (Å²) in [6.45, 7) is 3.55. The number of hydrogen-bond donors (Lipinski definition) is 2. The van der Waals surface area contributed by atoms with Crippen LogP contribution in [0, 0.1) is 0 Å². The van der Waals surface area contributed by atoms with E-state index in [1.54, 1.807) is 6.92 Å². The molecule has 12 heteroatoms. The van der Waals surface area contributed by atoms with Gasteiger partial charge < -0.3 is 39.3 Å². The molecule has 178 valence electrons. The quantitative estimate of drug-likeness (QED) is 0.299. The molecule has 0 heterocycles. The molecule has 0 aliphatic heterocycles. The summed E-state index contributed by atoms with van der Waals surface area (Å²) >= 11 is 0. The second-order valence-corrected chi connectivity index (χ2v) is 6.55. The highest BCUT2D eigenvalue weighted by molar-refractivity contribution is 5.75. The van der Waals surface area contributed by atoms with E-state index in [1.807, 2.05) is 6.92 Å². The third-order valence-corrected chi connectivity index (χ3v) is 4.14. The topological polar surface area (TPSA) is 170 Å². The van der Waals surface area contributed by atoms with Gasteiger partial charge in [0.05, 0.1) is 20.8 Å². The zero-order valence-electron chi connectivity index (χ0n) is 18.2. The number of benzene rings is 1. The number of ether oxygens (including phenoxy) is 6. The van der Waals surface area contributed by atoms with E-state index in [9.17, 15) is 24.3 Å². The summed E-state index contributed by atoms with van der Waals surface area (Å²) in [7, 11) is 2.17. The maximum absolute atomic E-state index is 11.7. The van der Waals surface area contributed by atoms with E-state index < -0.39 is 42.5 Å². The van der Waals surface area contributed by atoms with Crippen molar-refractivity contribution >= 4 is 24.4 Å². The molecule has 1 rings (SSSR count). The molecule has 3 N–H and O–H groups in total. The molecular formula is C20H27NO11. The molecule has 2 unspecified atom stereocenters. The molecule has 1 aromatic carbocycles. The van der Waals surface area contributed by atoms with Gasteiger partial charge in [0.1, 0.15) is 12.1 Å². The summed E-state index contributed by atoms with van der Waals surface area (Å²) in [6.07, 6.45) is -3.21. The minimum absolute atomic E-state index is 0.00353. The first-order valence-corrected chi connectivity index (χ1v) is 9.60. The van der Waals surface area contributed by atoms with Crippen LogP contribution in [0.2, 0.25) is 0 Å². The summed E-state index contributed by atoms with van der Waals surface area (Å²) in [5.74, 6) is -2.60. The van der Waals surface area contributed by atoms with Gasteiger partial charge in [-0.25, -0.2) is 14.4 Å². The number of carboxylic acid groups (broad SMARTS) is 1. The summed E-state index contributed by atoms with van der Waals surface area (Å²) in [4.78, 5) is 46.3. The number of carbonyl (C=O) groups is 4. The maximum Gasteiger partial charge on any atom is 0.513 e. The third kappa shape index (κ3) is 8.30. The van der Waals surface area contributed by atoms with E-state index in [0.717, 1.165) is 14.2 Å². The van der Waals surface area contributed by atoms with Gasteiger partial charge in [0.2, 0.25) is 0 Å². The predicted octanol–water partition coefficient (Wildman–Crippen LogP) is 2.81. The van der Waals surface area contributed by atoms with Crippen LogP contribution in [0.3, 0.4) is 0 Å². The lowest BCUT2D eigenvalue weighted by Crippen LogP contribution is -2.38. The first-order chi connectivity index (χ1) is 15.1. The Balaban J connectivity index is 3.23. The smallest absolute Gasteiger partial charge is 0.480 e. The van der Waals surface area contributed by atoms with Crippen LogP contribution in [-0.2, 0) is 23.7 Å². The lowest BCUT2D eigenvalue weighted by Gasteiger charge is -2.25. The maximum atomic E-state index is 11.7. The van der Waals surface area contributed by atoms with Crippen LogP contribution < -0.4 is 15.2 Å². The summed E-state index contributed by atoms with van der Waals surface area (Å²) < 4.78 is 28.8. The van der Waals surface area contributed by atoms with Crippen LogP contribution in [0.4, 0.5) is 14.4 Å². The fourth-order valence-electron chi connectivity index (χ4n) is 2.63. The van der Waals surface area contributed by atoms with Gasteiger partial charge in [0.25, 0.3) is 0 Å². The third-order valence-electron chi connectivity index (χ3n) is 4.14. The molecule has 0 spiro atoms. The highest BCUT2D eigenvalue weighted by Gasteiger charge is 2.30. The van der Waals surface area contributed by atoms with Gasteiger partial charge in [0.15, 0.2) is 11.5 Å². The first kappa shape index (κ1) is 26.5. The largest absolute Gasteiger partial charge is 0.513 e. The zero-order chi connectivity index (χ0) is 24.3. The summed E-state index contributed by atoms with van der Waals surface area (Å²) in [6, 6.07) is 2.57. The van der Waals surface area contributed by atoms with Crippen molar-refractivity contribution in [2.24, 2.45) is 5.73 Å². The molecule has 0 bridgehead atoms. The Morgan fingerprint density at radius 3 is 2.12 bits per heavy atom. The molecule has 0 saturated carbocycles. The van der Waals surface area contributed by atoms with E-state index in [0.29, 0.717) is 12.0 Å². The Hall–Kier alpha value is -3.54. The highest BCUT2D eigenvalue weighted by atomic mass is 16.7. The highest BCUT2D eigenvalue weighted by Crippen LogP contribution is 2.35. The molecule has 1 aromatic rings. The Morgan fingerprint density at radius 2 is 1.59 bits per heavy atom. The number of methoxy groups -OCH3 is 2. The summed E-state index contributed by atoms with van der Waals surface area (Å²) in [5.41, 5.74) is 6.17. The fraction of sp³-hybridized carbons (Fsp3) is 0.500. The molecular weight excluding hydrogens is 430 g/mol. The lowest BCUT2D eigenvalue weighted by atomic mass is 9.87. The van der Waals surface area contributed by atoms with Crippen molar-refractivity contribution in [3.8, 4) is 11.5 Å². The van der Waals surface area contributed by atoms with Crippen molar-refractivity contribution in [2.45, 2.75) is 44.8 Å². The molecule has 0 amide bonds. The van der Waals surface area contributed by atoms with Crippen LogP contribution >= 0.6 is 0 Å². The van der Waals surface area contributed by atoms with Gasteiger partial charge in [0, 0.05) is 5.92 Å². The minimum atomic E-state index is -1.40. The SMILES string of the molecule is CCCOC(=O)OC(C)CC(c1ccc(OC(=O)OC)c(OC(=O)OC)c1)[C@H](N)C(=O)O. The lowest BCUT2D eigenvalue weighted by molar-refractivity contribution is -0.139. The van der Waals surface area contributed by atoms with Crippen molar-refractivity contribution in [1.82, 2.24) is 0 Å². The molecule has 0 aromatic heterocycles. The van der Waals surface area contributed by atoms with Crippen molar-refractivity contribution in [1.29, 1.82) is 0 Å². The minimum Gasteiger partial charge on any atom is -0.480 e. The molecule has 32 heavy (non-hydrogen) atoms. The first-order valence-electron chi connectivity index (χ1n) is 9.60. The molecule has 0 aliphatic carbocycles. The van der Waals surface area contributed by atoms with Crippen molar-refractivity contribution in [2.75, 3.05) is 20.8 Å². The van der Waals surface area contributed by atoms with E-state index in [4.69, 9.17) is 24.7 Å². The zero-order valence-corrected chi connectivity index (χ0v) is 18.2. The van der Waals surface area contributed by atoms with Crippen LogP contribution in [0.25, 0.3) is 0 Å². The Morgan fingerprint density at radius 1 is 1.00 bits per heavy atom. The van der Waals surface area contributed by atoms with Crippen LogP contribution in [0.1, 0.15) is 38.2 Å². The van der Waals surface area contributed by atoms with Gasteiger partial charge in [-0.1, -0.05) is 13.0 Å². The van der Waals surface area contributed by atoms with Crippen LogP contribution in [0.15, 0.2) is 18.2 Å². The predicted molar refractivity (Wildman–Crippen MR) is 108 cm³/mol. The fourth-order valence-corrected chi connectivity index (χ4v) is 2.63. The second kappa shape index (κ2) is 13.0. The number of aliphatic carboxylic acids is 1. The number of nitrogens with two attached hydrogens (primary N) is 1. The average Bonchev–Trinajstić information content (AvgIpc) is 2.76. The number of carboxylic acids is 1. The van der Waals surface area contributed by atoms with Gasteiger partial charge >= 0.3 is 24.4 Å². The Labute approximate surface area is 184 Å². The Bertz CT molecular complexity index is 811. The van der Waals surface area contributed by atoms with Crippen LogP contribution in [-0.4, -0.2) is 62.5 Å². The van der Waals surface area contributed by atoms with Gasteiger partial charge in [-0.15, -0.1) is 0 Å². The van der Waals surface area contributed by atoms with Crippen molar-refractivity contribution in [3.05, 3.63) is 23.8 Å². The van der Waals surface area contributed by atoms with Gasteiger partial charge in [-0.3, -0.25) is 4.79 Å². The van der Waals surface area contributed by atoms with E-state index in [1.165, 1.54) is 18.2 Å². The monoisotopic (exact) mass is 457 g/mol. The number of carbonyl (C=O) groups excluding carboxylic acids is 3. The average molecular weight is 457 g/mol. The standard InChI is InChI=1S/C20H27NO11/c1-5-8-29-20(26)30-11(2)9-13(16(21)17(22)23)12-6-7-14(31-18(24)27-3)15(10-12)32-19(25)28-4/h6-7,10-11,13,16H,5,8-9,21H2,1-4H3,(H,22,23)/t11?,13?,16-/m0/s1. The van der Waals surface area contributed by atoms with Crippen molar-refractivity contribution < 1.29 is 52.7 Å². The van der Waals surface area contributed by atoms with E-state index in [-0.39, 0.29) is 24.5 Å². The summed E-state index contributed by atoms with van der Waals surface area (Å²) in [5, 5.41) is 9.43. The molecule has 0 radical (unpaired) electrons.